The number of aryl methyl sites for hydroxylation is 1. The van der Waals surface area contributed by atoms with E-state index in [0.717, 1.165) is 6.07 Å². The Balaban J connectivity index is 2.19. The summed E-state index contributed by atoms with van der Waals surface area (Å²) in [6.45, 7) is -0.629. The molecule has 8 nitrogen and oxygen atoms in total. The van der Waals surface area contributed by atoms with Crippen LogP contribution >= 0.6 is 0 Å². The van der Waals surface area contributed by atoms with Crippen molar-refractivity contribution in [2.24, 2.45) is 7.05 Å². The Morgan fingerprint density at radius 1 is 1.30 bits per heavy atom. The van der Waals surface area contributed by atoms with Gasteiger partial charge in [-0.3, -0.25) is 4.79 Å². The summed E-state index contributed by atoms with van der Waals surface area (Å²) in [5, 5.41) is 19.4. The third-order valence-electron chi connectivity index (χ3n) is 3.45. The number of phenolic OH excluding ortho intramolecular Hbond substituents is 1. The van der Waals surface area contributed by atoms with E-state index < -0.39 is 39.9 Å². The van der Waals surface area contributed by atoms with Gasteiger partial charge in [-0.2, -0.15) is 8.42 Å². The molecule has 1 aromatic carbocycles. The molecule has 0 bridgehead atoms. The van der Waals surface area contributed by atoms with Crippen molar-refractivity contribution in [3.8, 4) is 22.8 Å². The van der Waals surface area contributed by atoms with Gasteiger partial charge in [0, 0.05) is 30.4 Å². The lowest BCUT2D eigenvalue weighted by molar-refractivity contribution is -0.117. The number of anilines is 1. The Morgan fingerprint density at radius 3 is 2.52 bits per heavy atom. The van der Waals surface area contributed by atoms with Crippen LogP contribution in [0.1, 0.15) is 0 Å². The maximum Gasteiger partial charge on any atom is 0.326 e. The Hall–Kier alpha value is -2.75. The first kappa shape index (κ1) is 15.2. The van der Waals surface area contributed by atoms with Crippen LogP contribution < -0.4 is 9.03 Å². The smallest absolute Gasteiger partial charge is 0.326 e. The fourth-order valence-electron chi connectivity index (χ4n) is 2.36. The first-order chi connectivity index (χ1) is 10.7. The van der Waals surface area contributed by atoms with Gasteiger partial charge in [0.2, 0.25) is 0 Å². The van der Waals surface area contributed by atoms with Crippen LogP contribution in [0.25, 0.3) is 11.1 Å². The van der Waals surface area contributed by atoms with Crippen molar-refractivity contribution in [2.75, 3.05) is 10.8 Å². The van der Waals surface area contributed by atoms with Crippen LogP contribution in [0.3, 0.4) is 0 Å². The SMILES string of the molecule is Cn1cc(-c2ccc(O)c(N3CC(=O)NS3(=O)=O)c2F)cc1O. The highest BCUT2D eigenvalue weighted by molar-refractivity contribution is 7.92. The molecule has 0 spiro atoms. The molecule has 0 saturated carbocycles. The van der Waals surface area contributed by atoms with Gasteiger partial charge in [-0.15, -0.1) is 0 Å². The maximum atomic E-state index is 14.8. The summed E-state index contributed by atoms with van der Waals surface area (Å²) in [6.07, 6.45) is 1.44. The van der Waals surface area contributed by atoms with E-state index in [2.05, 4.69) is 0 Å². The second-order valence-electron chi connectivity index (χ2n) is 5.03. The summed E-state index contributed by atoms with van der Waals surface area (Å²) < 4.78 is 42.0. The standard InChI is InChI=1S/C13H12FN3O5S/c1-16-5-7(4-11(16)20)8-2-3-9(18)13(12(8)14)17-6-10(19)15-23(17,21)22/h2-5,18,20H,6H2,1H3,(H,15,19). The minimum atomic E-state index is -4.26. The van der Waals surface area contributed by atoms with Crippen molar-refractivity contribution in [3.05, 3.63) is 30.2 Å². The topological polar surface area (TPSA) is 112 Å². The van der Waals surface area contributed by atoms with Crippen molar-refractivity contribution in [1.82, 2.24) is 9.29 Å². The average molecular weight is 341 g/mol. The third-order valence-corrected chi connectivity index (χ3v) is 4.83. The van der Waals surface area contributed by atoms with Crippen LogP contribution in [0.2, 0.25) is 0 Å². The number of benzene rings is 1. The number of carbonyl (C=O) groups excluding carboxylic acids is 1. The van der Waals surface area contributed by atoms with Crippen LogP contribution in [-0.2, 0) is 22.1 Å². The molecule has 2 aromatic rings. The van der Waals surface area contributed by atoms with E-state index in [4.69, 9.17) is 0 Å². The fourth-order valence-corrected chi connectivity index (χ4v) is 3.52. The zero-order valence-corrected chi connectivity index (χ0v) is 12.6. The number of amides is 1. The van der Waals surface area contributed by atoms with Gasteiger partial charge in [0.05, 0.1) is 0 Å². The molecule has 1 aliphatic rings. The normalized spacial score (nSPS) is 16.6. The lowest BCUT2D eigenvalue weighted by Crippen LogP contribution is -2.30. The van der Waals surface area contributed by atoms with Crippen LogP contribution in [0.15, 0.2) is 24.4 Å². The molecule has 1 fully saturated rings. The highest BCUT2D eigenvalue weighted by Gasteiger charge is 2.38. The largest absolute Gasteiger partial charge is 0.506 e. The van der Waals surface area contributed by atoms with Crippen molar-refractivity contribution in [3.63, 3.8) is 0 Å². The van der Waals surface area contributed by atoms with Gasteiger partial charge in [0.15, 0.2) is 11.7 Å². The molecule has 3 N–H and O–H groups in total. The lowest BCUT2D eigenvalue weighted by Gasteiger charge is -2.18. The van der Waals surface area contributed by atoms with Crippen molar-refractivity contribution in [2.45, 2.75) is 0 Å². The Labute approximate surface area is 130 Å². The second kappa shape index (κ2) is 4.88. The monoisotopic (exact) mass is 341 g/mol. The van der Waals surface area contributed by atoms with Gasteiger partial charge >= 0.3 is 10.2 Å². The molecule has 0 aliphatic carbocycles. The van der Waals surface area contributed by atoms with E-state index in [1.54, 1.807) is 11.8 Å². The Bertz CT molecular complexity index is 902. The van der Waals surface area contributed by atoms with E-state index in [1.165, 1.54) is 22.9 Å². The molecule has 0 radical (unpaired) electrons. The highest BCUT2D eigenvalue weighted by Crippen LogP contribution is 2.39. The van der Waals surface area contributed by atoms with Crippen LogP contribution in [0.4, 0.5) is 10.1 Å². The van der Waals surface area contributed by atoms with E-state index in [9.17, 15) is 27.8 Å². The van der Waals surface area contributed by atoms with Crippen molar-refractivity contribution < 1.29 is 27.8 Å². The van der Waals surface area contributed by atoms with E-state index in [1.807, 2.05) is 0 Å². The number of hydrogen-bond donors (Lipinski definition) is 3. The van der Waals surface area contributed by atoms with Gasteiger partial charge in [-0.05, 0) is 12.1 Å². The quantitative estimate of drug-likeness (QED) is 0.733. The number of aromatic nitrogens is 1. The number of halogens is 1. The molecule has 0 atom stereocenters. The lowest BCUT2D eigenvalue weighted by atomic mass is 10.1. The molecule has 122 valence electrons. The number of nitrogens with zero attached hydrogens (tertiary/aromatic N) is 2. The molecule has 1 saturated heterocycles. The van der Waals surface area contributed by atoms with Gasteiger partial charge < -0.3 is 14.8 Å². The molecule has 1 aliphatic heterocycles. The molecule has 10 heteroatoms. The molecule has 0 unspecified atom stereocenters. The summed E-state index contributed by atoms with van der Waals surface area (Å²) in [5.41, 5.74) is -0.355. The number of phenols is 1. The molecule has 3 rings (SSSR count). The van der Waals surface area contributed by atoms with E-state index >= 15 is 0 Å². The zero-order valence-electron chi connectivity index (χ0n) is 11.8. The summed E-state index contributed by atoms with van der Waals surface area (Å²) in [6, 6.07) is 3.66. The molecule has 1 amide bonds. The number of nitrogens with one attached hydrogen (secondary N) is 1. The third kappa shape index (κ3) is 2.36. The average Bonchev–Trinajstić information content (AvgIpc) is 2.89. The summed E-state index contributed by atoms with van der Waals surface area (Å²) in [4.78, 5) is 11.3. The predicted octanol–water partition coefficient (Wildman–Crippen LogP) is 0.423. The van der Waals surface area contributed by atoms with Crippen LogP contribution in [-0.4, -0.2) is 35.6 Å². The van der Waals surface area contributed by atoms with Gasteiger partial charge in [0.25, 0.3) is 5.91 Å². The molecule has 1 aromatic heterocycles. The first-order valence-electron chi connectivity index (χ1n) is 6.41. The zero-order chi connectivity index (χ0) is 16.9. The highest BCUT2D eigenvalue weighted by atomic mass is 32.2. The van der Waals surface area contributed by atoms with Crippen molar-refractivity contribution in [1.29, 1.82) is 0 Å². The van der Waals surface area contributed by atoms with Gasteiger partial charge in [-0.25, -0.2) is 13.4 Å². The fraction of sp³-hybridized carbons (Fsp3) is 0.154. The summed E-state index contributed by atoms with van der Waals surface area (Å²) in [5.74, 6) is -2.58. The molecular formula is C13H12FN3O5S. The van der Waals surface area contributed by atoms with Gasteiger partial charge in [-0.1, -0.05) is 0 Å². The van der Waals surface area contributed by atoms with Crippen molar-refractivity contribution >= 4 is 21.8 Å². The first-order valence-corrected chi connectivity index (χ1v) is 7.85. The van der Waals surface area contributed by atoms with Gasteiger partial charge in [0.1, 0.15) is 18.0 Å². The van der Waals surface area contributed by atoms with Crippen LogP contribution in [0.5, 0.6) is 11.6 Å². The number of carbonyl (C=O) groups is 1. The predicted molar refractivity (Wildman–Crippen MR) is 78.5 cm³/mol. The molecular weight excluding hydrogens is 329 g/mol. The number of aromatic hydroxyl groups is 2. The van der Waals surface area contributed by atoms with Crippen LogP contribution in [0, 0.1) is 5.82 Å². The second-order valence-corrected chi connectivity index (χ2v) is 6.62. The maximum absolute atomic E-state index is 14.8. The minimum Gasteiger partial charge on any atom is -0.506 e. The Kier molecular flexibility index (Phi) is 3.22. The Morgan fingerprint density at radius 2 is 2.00 bits per heavy atom. The summed E-state index contributed by atoms with van der Waals surface area (Å²) >= 11 is 0. The molecule has 2 heterocycles. The summed E-state index contributed by atoms with van der Waals surface area (Å²) in [7, 11) is -2.71. The van der Waals surface area contributed by atoms with E-state index in [0.29, 0.717) is 9.87 Å². The van der Waals surface area contributed by atoms with E-state index in [-0.39, 0.29) is 11.4 Å². The number of rotatable bonds is 2. The molecule has 23 heavy (non-hydrogen) atoms. The number of hydrogen-bond acceptors (Lipinski definition) is 5. The minimum absolute atomic E-state index is 0.0248.